The number of hydrogen-bond donors (Lipinski definition) is 4. The monoisotopic (exact) mass is 382 g/mol. The molecule has 0 aliphatic heterocycles. The van der Waals surface area contributed by atoms with Crippen molar-refractivity contribution >= 4 is 28.7 Å². The number of anilines is 3. The first-order valence-corrected chi connectivity index (χ1v) is 9.43. The number of carbonyl (C=O) groups is 1. The number of carbonyl (C=O) groups excluding carboxylic acids is 1. The molecule has 0 atom stereocenters. The topological polar surface area (TPSA) is 100 Å². The van der Waals surface area contributed by atoms with Crippen LogP contribution in [0, 0.1) is 6.92 Å². The van der Waals surface area contributed by atoms with Crippen LogP contribution in [0.3, 0.4) is 0 Å². The molecule has 150 valence electrons. The van der Waals surface area contributed by atoms with E-state index in [0.29, 0.717) is 16.9 Å². The van der Waals surface area contributed by atoms with Crippen LogP contribution in [0.5, 0.6) is 0 Å². The Labute approximate surface area is 165 Å². The van der Waals surface area contributed by atoms with Gasteiger partial charge < -0.3 is 16.4 Å². The maximum absolute atomic E-state index is 12.9. The van der Waals surface area contributed by atoms with E-state index in [9.17, 15) is 4.79 Å². The molecule has 1 amide bonds. The maximum Gasteiger partial charge on any atom is 0.261 e. The number of imidazole rings is 1. The molecule has 0 fully saturated rings. The summed E-state index contributed by atoms with van der Waals surface area (Å²) < 4.78 is 1.84. The number of benzene rings is 1. The molecule has 0 spiro atoms. The van der Waals surface area contributed by atoms with Crippen LogP contribution in [-0.4, -0.2) is 26.0 Å². The number of aryl methyl sites for hydroxylation is 1. The van der Waals surface area contributed by atoms with Gasteiger partial charge in [0.2, 0.25) is 0 Å². The Balaban J connectivity index is 2.04. The molecule has 3 rings (SSSR count). The second kappa shape index (κ2) is 6.58. The van der Waals surface area contributed by atoms with Crippen LogP contribution >= 0.6 is 0 Å². The van der Waals surface area contributed by atoms with E-state index in [1.165, 1.54) is 0 Å². The molecule has 28 heavy (non-hydrogen) atoms. The summed E-state index contributed by atoms with van der Waals surface area (Å²) in [7, 11) is 0. The van der Waals surface area contributed by atoms with Gasteiger partial charge in [-0.25, -0.2) is 9.50 Å². The maximum atomic E-state index is 12.9. The van der Waals surface area contributed by atoms with Crippen molar-refractivity contribution in [3.8, 4) is 0 Å². The summed E-state index contributed by atoms with van der Waals surface area (Å²) in [5, 5.41) is 9.65. The van der Waals surface area contributed by atoms with E-state index in [1.54, 1.807) is 12.3 Å². The Morgan fingerprint density at radius 1 is 1.18 bits per heavy atom. The van der Waals surface area contributed by atoms with Gasteiger partial charge in [-0.2, -0.15) is 0 Å². The molecule has 7 heteroatoms. The predicted molar refractivity (Wildman–Crippen MR) is 115 cm³/mol. The minimum absolute atomic E-state index is 0.148. The molecular formula is C21H30N6O. The van der Waals surface area contributed by atoms with Crippen molar-refractivity contribution in [2.75, 3.05) is 16.4 Å². The van der Waals surface area contributed by atoms with Crippen LogP contribution in [0.4, 0.5) is 17.2 Å². The van der Waals surface area contributed by atoms with Crippen LogP contribution < -0.4 is 16.4 Å². The minimum Gasteiger partial charge on any atom is -0.399 e. The molecule has 0 unspecified atom stereocenters. The zero-order valence-electron chi connectivity index (χ0n) is 17.7. The normalized spacial score (nSPS) is 12.4. The van der Waals surface area contributed by atoms with Gasteiger partial charge >= 0.3 is 0 Å². The van der Waals surface area contributed by atoms with E-state index in [2.05, 4.69) is 57.3 Å². The highest BCUT2D eigenvalue weighted by Crippen LogP contribution is 2.32. The Morgan fingerprint density at radius 3 is 2.43 bits per heavy atom. The van der Waals surface area contributed by atoms with Crippen molar-refractivity contribution in [2.45, 2.75) is 59.4 Å². The van der Waals surface area contributed by atoms with Gasteiger partial charge in [-0.3, -0.25) is 9.89 Å². The number of aromatic nitrogens is 3. The van der Waals surface area contributed by atoms with Gasteiger partial charge in [0, 0.05) is 28.5 Å². The average Bonchev–Trinajstić information content (AvgIpc) is 3.08. The number of rotatable bonds is 3. The number of nitrogens with zero attached hydrogens (tertiary/aromatic N) is 2. The standard InChI is InChI=1S/C21H30N6O/c1-12-10-13(22)8-9-15(12)24-19(28)14-11-23-27-17(14)25-16(20(2,3)4)18(27)26-21(5,6)7/h8-11,23,26H,22H2,1-7H3,(H,24,28). The Morgan fingerprint density at radius 2 is 1.86 bits per heavy atom. The van der Waals surface area contributed by atoms with E-state index in [0.717, 1.165) is 22.8 Å². The van der Waals surface area contributed by atoms with Crippen molar-refractivity contribution in [3.05, 3.63) is 41.2 Å². The van der Waals surface area contributed by atoms with Crippen LogP contribution in [0.25, 0.3) is 5.65 Å². The van der Waals surface area contributed by atoms with Crippen molar-refractivity contribution < 1.29 is 4.79 Å². The largest absolute Gasteiger partial charge is 0.399 e. The Bertz CT molecular complexity index is 1030. The fraction of sp³-hybridized carbons (Fsp3) is 0.429. The quantitative estimate of drug-likeness (QED) is 0.507. The molecule has 0 radical (unpaired) electrons. The first-order chi connectivity index (χ1) is 12.9. The Kier molecular flexibility index (Phi) is 4.65. The lowest BCUT2D eigenvalue weighted by molar-refractivity contribution is 0.102. The van der Waals surface area contributed by atoms with E-state index in [1.807, 2.05) is 23.6 Å². The molecule has 5 N–H and O–H groups in total. The summed E-state index contributed by atoms with van der Waals surface area (Å²) in [6, 6.07) is 5.42. The van der Waals surface area contributed by atoms with E-state index < -0.39 is 0 Å². The van der Waals surface area contributed by atoms with Gasteiger partial charge in [-0.15, -0.1) is 0 Å². The number of fused-ring (bicyclic) bond motifs is 1. The summed E-state index contributed by atoms with van der Waals surface area (Å²) >= 11 is 0. The lowest BCUT2D eigenvalue weighted by Gasteiger charge is -2.25. The van der Waals surface area contributed by atoms with Gasteiger partial charge in [0.15, 0.2) is 11.5 Å². The van der Waals surface area contributed by atoms with Crippen LogP contribution in [0.2, 0.25) is 0 Å². The van der Waals surface area contributed by atoms with Gasteiger partial charge in [-0.1, -0.05) is 20.8 Å². The molecule has 2 aromatic heterocycles. The van der Waals surface area contributed by atoms with Crippen LogP contribution in [0.15, 0.2) is 24.4 Å². The average molecular weight is 383 g/mol. The second-order valence-electron chi connectivity index (χ2n) is 9.31. The van der Waals surface area contributed by atoms with Crippen LogP contribution in [-0.2, 0) is 5.41 Å². The molecule has 3 aromatic rings. The first-order valence-electron chi connectivity index (χ1n) is 9.43. The first kappa shape index (κ1) is 19.8. The molecule has 0 aliphatic rings. The molecule has 0 saturated carbocycles. The van der Waals surface area contributed by atoms with E-state index >= 15 is 0 Å². The highest BCUT2D eigenvalue weighted by Gasteiger charge is 2.29. The van der Waals surface area contributed by atoms with Gasteiger partial charge in [0.05, 0.1) is 5.69 Å². The minimum atomic E-state index is -0.216. The molecule has 0 aliphatic carbocycles. The van der Waals surface area contributed by atoms with Gasteiger partial charge in [0.25, 0.3) is 5.91 Å². The van der Waals surface area contributed by atoms with Crippen LogP contribution in [0.1, 0.15) is 63.2 Å². The van der Waals surface area contributed by atoms with Crippen molar-refractivity contribution in [2.24, 2.45) is 0 Å². The van der Waals surface area contributed by atoms with Crippen molar-refractivity contribution in [3.63, 3.8) is 0 Å². The molecule has 2 heterocycles. The lowest BCUT2D eigenvalue weighted by Crippen LogP contribution is -2.29. The smallest absolute Gasteiger partial charge is 0.261 e. The zero-order valence-corrected chi connectivity index (χ0v) is 17.7. The number of H-pyrrole nitrogens is 1. The number of hydrogen-bond acceptors (Lipinski definition) is 4. The highest BCUT2D eigenvalue weighted by molar-refractivity contribution is 6.08. The third-order valence-electron chi connectivity index (χ3n) is 4.40. The summed E-state index contributed by atoms with van der Waals surface area (Å²) in [5.41, 5.74) is 9.78. The molecule has 0 bridgehead atoms. The number of amides is 1. The van der Waals surface area contributed by atoms with E-state index in [4.69, 9.17) is 10.7 Å². The lowest BCUT2D eigenvalue weighted by atomic mass is 9.91. The summed E-state index contributed by atoms with van der Waals surface area (Å²) in [4.78, 5) is 17.8. The van der Waals surface area contributed by atoms with Gasteiger partial charge in [-0.05, 0) is 51.5 Å². The molecule has 0 saturated heterocycles. The summed E-state index contributed by atoms with van der Waals surface area (Å²) in [5.74, 6) is 0.657. The number of nitrogens with two attached hydrogens (primary N) is 1. The molecular weight excluding hydrogens is 352 g/mol. The van der Waals surface area contributed by atoms with Crippen molar-refractivity contribution in [1.82, 2.24) is 14.6 Å². The second-order valence-corrected chi connectivity index (χ2v) is 9.31. The number of nitrogens with one attached hydrogen (secondary N) is 3. The predicted octanol–water partition coefficient (Wildman–Crippen LogP) is 4.31. The fourth-order valence-electron chi connectivity index (χ4n) is 3.10. The third kappa shape index (κ3) is 3.83. The third-order valence-corrected chi connectivity index (χ3v) is 4.40. The SMILES string of the molecule is Cc1cc(N)ccc1NC(=O)c1c[nH]n2c(NC(C)(C)C)c(C(C)(C)C)nc12. The number of aromatic amines is 1. The zero-order chi connectivity index (χ0) is 20.9. The van der Waals surface area contributed by atoms with E-state index in [-0.39, 0.29) is 16.9 Å². The van der Waals surface area contributed by atoms with Crippen molar-refractivity contribution in [1.29, 1.82) is 0 Å². The highest BCUT2D eigenvalue weighted by atomic mass is 16.1. The molecule has 7 nitrogen and oxygen atoms in total. The number of nitrogen functional groups attached to an aromatic ring is 1. The molecule has 1 aromatic carbocycles. The summed E-state index contributed by atoms with van der Waals surface area (Å²) in [6.07, 6.45) is 1.69. The van der Waals surface area contributed by atoms with Gasteiger partial charge in [0.1, 0.15) is 5.56 Å². The summed E-state index contributed by atoms with van der Waals surface area (Å²) in [6.45, 7) is 14.5. The fourth-order valence-corrected chi connectivity index (χ4v) is 3.10. The Hall–Kier alpha value is -2.96.